The fraction of sp³-hybridized carbons (Fsp3) is 0.0909. The molecule has 1 aromatic heterocycles. The molecule has 0 spiro atoms. The van der Waals surface area contributed by atoms with E-state index in [9.17, 15) is 0 Å². The lowest BCUT2D eigenvalue weighted by Gasteiger charge is -1.99. The van der Waals surface area contributed by atoms with Crippen molar-refractivity contribution in [2.45, 2.75) is 6.92 Å². The van der Waals surface area contributed by atoms with Crippen molar-refractivity contribution >= 4 is 27.3 Å². The van der Waals surface area contributed by atoms with Crippen LogP contribution >= 0.6 is 27.3 Å². The van der Waals surface area contributed by atoms with Crippen LogP contribution in [0, 0.1) is 6.92 Å². The van der Waals surface area contributed by atoms with Crippen LogP contribution in [-0.4, -0.2) is 0 Å². The van der Waals surface area contributed by atoms with Gasteiger partial charge < -0.3 is 0 Å². The van der Waals surface area contributed by atoms with Gasteiger partial charge in [-0.1, -0.05) is 29.8 Å². The summed E-state index contributed by atoms with van der Waals surface area (Å²) in [5.41, 5.74) is 3.86. The highest BCUT2D eigenvalue weighted by atomic mass is 79.9. The molecule has 2 heteroatoms. The van der Waals surface area contributed by atoms with Crippen LogP contribution in [0.4, 0.5) is 0 Å². The van der Waals surface area contributed by atoms with Gasteiger partial charge in [-0.25, -0.2) is 0 Å². The molecule has 0 fully saturated rings. The Labute approximate surface area is 90.4 Å². The largest absolute Gasteiger partial charge is 0.136 e. The highest BCUT2D eigenvalue weighted by molar-refractivity contribution is 9.11. The van der Waals surface area contributed by atoms with Gasteiger partial charge >= 0.3 is 0 Å². The normalized spacial score (nSPS) is 10.3. The second-order valence-electron chi connectivity index (χ2n) is 2.97. The molecule has 0 saturated heterocycles. The van der Waals surface area contributed by atoms with E-state index in [1.807, 2.05) is 0 Å². The lowest BCUT2D eigenvalue weighted by atomic mass is 10.1. The Morgan fingerprint density at radius 3 is 2.31 bits per heavy atom. The first-order chi connectivity index (χ1) is 6.27. The predicted octanol–water partition coefficient (Wildman–Crippen LogP) is 4.49. The zero-order chi connectivity index (χ0) is 9.26. The average molecular weight is 253 g/mol. The van der Waals surface area contributed by atoms with Crippen LogP contribution in [0.5, 0.6) is 0 Å². The zero-order valence-electron chi connectivity index (χ0n) is 7.25. The van der Waals surface area contributed by atoms with Crippen LogP contribution in [0.3, 0.4) is 0 Å². The molecule has 0 saturated carbocycles. The molecule has 0 radical (unpaired) electrons. The molecule has 0 N–H and O–H groups in total. The molecule has 1 heterocycles. The van der Waals surface area contributed by atoms with Crippen molar-refractivity contribution in [1.82, 2.24) is 0 Å². The van der Waals surface area contributed by atoms with Crippen molar-refractivity contribution < 1.29 is 0 Å². The molecule has 0 aliphatic carbocycles. The highest BCUT2D eigenvalue weighted by Crippen LogP contribution is 2.32. The van der Waals surface area contributed by atoms with Gasteiger partial charge in [0.1, 0.15) is 0 Å². The second-order valence-corrected chi connectivity index (χ2v) is 5.21. The van der Waals surface area contributed by atoms with Gasteiger partial charge in [-0.05, 0) is 39.9 Å². The molecule has 0 aliphatic rings. The van der Waals surface area contributed by atoms with Crippen LogP contribution in [-0.2, 0) is 0 Å². The molecule has 0 nitrogen and oxygen atoms in total. The van der Waals surface area contributed by atoms with Crippen LogP contribution in [0.2, 0.25) is 0 Å². The SMILES string of the molecule is Cc1ccc(-c2ccsc2Br)cc1. The van der Waals surface area contributed by atoms with Crippen molar-refractivity contribution in [2.24, 2.45) is 0 Å². The Morgan fingerprint density at radius 2 is 1.77 bits per heavy atom. The molecule has 66 valence electrons. The van der Waals surface area contributed by atoms with Gasteiger partial charge in [0.2, 0.25) is 0 Å². The van der Waals surface area contributed by atoms with Crippen molar-refractivity contribution in [3.63, 3.8) is 0 Å². The number of rotatable bonds is 1. The van der Waals surface area contributed by atoms with Crippen LogP contribution in [0.25, 0.3) is 11.1 Å². The third kappa shape index (κ3) is 1.84. The Balaban J connectivity index is 2.47. The standard InChI is InChI=1S/C11H9BrS/c1-8-2-4-9(5-3-8)10-6-7-13-11(10)12/h2-7H,1H3. The molecule has 0 bridgehead atoms. The smallest absolute Gasteiger partial charge is 0.0776 e. The second kappa shape index (κ2) is 3.64. The topological polar surface area (TPSA) is 0 Å². The van der Waals surface area contributed by atoms with E-state index in [-0.39, 0.29) is 0 Å². The molecule has 0 amide bonds. The molecule has 13 heavy (non-hydrogen) atoms. The molecule has 2 rings (SSSR count). The molecule has 0 unspecified atom stereocenters. The Bertz CT molecular complexity index is 400. The summed E-state index contributed by atoms with van der Waals surface area (Å²) in [6, 6.07) is 10.7. The first-order valence-electron chi connectivity index (χ1n) is 4.07. The zero-order valence-corrected chi connectivity index (χ0v) is 9.65. The third-order valence-electron chi connectivity index (χ3n) is 1.98. The molecule has 2 aromatic rings. The predicted molar refractivity (Wildman–Crippen MR) is 62.2 cm³/mol. The van der Waals surface area contributed by atoms with E-state index in [4.69, 9.17) is 0 Å². The van der Waals surface area contributed by atoms with Gasteiger partial charge in [-0.2, -0.15) is 0 Å². The summed E-state index contributed by atoms with van der Waals surface area (Å²) in [6.07, 6.45) is 0. The Hall–Kier alpha value is -0.600. The number of thiophene rings is 1. The van der Waals surface area contributed by atoms with Crippen molar-refractivity contribution in [3.05, 3.63) is 45.1 Å². The molecule has 0 aliphatic heterocycles. The third-order valence-corrected chi connectivity index (χ3v) is 3.67. The number of aryl methyl sites for hydroxylation is 1. The minimum atomic E-state index is 1.20. The van der Waals surface area contributed by atoms with E-state index in [0.717, 1.165) is 0 Å². The van der Waals surface area contributed by atoms with Gasteiger partial charge in [0, 0.05) is 5.56 Å². The van der Waals surface area contributed by atoms with E-state index < -0.39 is 0 Å². The lowest BCUT2D eigenvalue weighted by Crippen LogP contribution is -1.75. The van der Waals surface area contributed by atoms with E-state index in [1.165, 1.54) is 20.5 Å². The fourth-order valence-corrected chi connectivity index (χ4v) is 2.55. The van der Waals surface area contributed by atoms with E-state index in [0.29, 0.717) is 0 Å². The highest BCUT2D eigenvalue weighted by Gasteiger charge is 2.02. The maximum Gasteiger partial charge on any atom is 0.0776 e. The van der Waals surface area contributed by atoms with Crippen molar-refractivity contribution in [2.75, 3.05) is 0 Å². The summed E-state index contributed by atoms with van der Waals surface area (Å²) in [7, 11) is 0. The van der Waals surface area contributed by atoms with Crippen LogP contribution in [0.1, 0.15) is 5.56 Å². The summed E-state index contributed by atoms with van der Waals surface area (Å²) in [5.74, 6) is 0. The van der Waals surface area contributed by atoms with Gasteiger partial charge in [0.15, 0.2) is 0 Å². The number of halogens is 1. The number of hydrogen-bond acceptors (Lipinski definition) is 1. The summed E-state index contributed by atoms with van der Waals surface area (Å²) in [6.45, 7) is 2.10. The molecule has 1 aromatic carbocycles. The van der Waals surface area contributed by atoms with E-state index in [1.54, 1.807) is 11.3 Å². The van der Waals surface area contributed by atoms with Gasteiger partial charge in [-0.15, -0.1) is 11.3 Å². The minimum Gasteiger partial charge on any atom is -0.136 e. The Kier molecular flexibility index (Phi) is 2.51. The Morgan fingerprint density at radius 1 is 1.08 bits per heavy atom. The first kappa shape index (κ1) is 8.97. The van der Waals surface area contributed by atoms with Crippen LogP contribution in [0.15, 0.2) is 39.5 Å². The van der Waals surface area contributed by atoms with Crippen molar-refractivity contribution in [1.29, 1.82) is 0 Å². The van der Waals surface area contributed by atoms with Gasteiger partial charge in [0.05, 0.1) is 3.79 Å². The lowest BCUT2D eigenvalue weighted by molar-refractivity contribution is 1.47. The average Bonchev–Trinajstić information content (AvgIpc) is 2.53. The summed E-state index contributed by atoms with van der Waals surface area (Å²) in [5, 5.41) is 2.10. The minimum absolute atomic E-state index is 1.20. The summed E-state index contributed by atoms with van der Waals surface area (Å²) >= 11 is 5.26. The quantitative estimate of drug-likeness (QED) is 0.702. The summed E-state index contributed by atoms with van der Waals surface area (Å²) < 4.78 is 1.20. The van der Waals surface area contributed by atoms with E-state index >= 15 is 0 Å². The molecule has 0 atom stereocenters. The van der Waals surface area contributed by atoms with Gasteiger partial charge in [0.25, 0.3) is 0 Å². The van der Waals surface area contributed by atoms with Crippen LogP contribution < -0.4 is 0 Å². The molecular formula is C11H9BrS. The van der Waals surface area contributed by atoms with Crippen molar-refractivity contribution in [3.8, 4) is 11.1 Å². The number of benzene rings is 1. The van der Waals surface area contributed by atoms with E-state index in [2.05, 4.69) is 58.6 Å². The summed E-state index contributed by atoms with van der Waals surface area (Å²) in [4.78, 5) is 0. The molecular weight excluding hydrogens is 244 g/mol. The van der Waals surface area contributed by atoms with Gasteiger partial charge in [-0.3, -0.25) is 0 Å². The monoisotopic (exact) mass is 252 g/mol. The maximum absolute atomic E-state index is 3.54. The number of hydrogen-bond donors (Lipinski definition) is 0. The maximum atomic E-state index is 3.54. The fourth-order valence-electron chi connectivity index (χ4n) is 1.23. The first-order valence-corrected chi connectivity index (χ1v) is 5.74.